The first kappa shape index (κ1) is 14.0. The largest absolute Gasteiger partial charge is 0.497 e. The highest BCUT2D eigenvalue weighted by atomic mass is 16.5. The lowest BCUT2D eigenvalue weighted by Gasteiger charge is -2.07. The van der Waals surface area contributed by atoms with Crippen molar-refractivity contribution in [2.24, 2.45) is 0 Å². The van der Waals surface area contributed by atoms with Crippen molar-refractivity contribution >= 4 is 21.8 Å². The molecule has 3 nitrogen and oxygen atoms in total. The van der Waals surface area contributed by atoms with E-state index in [0.717, 1.165) is 31.6 Å². The van der Waals surface area contributed by atoms with Gasteiger partial charge >= 0.3 is 0 Å². The summed E-state index contributed by atoms with van der Waals surface area (Å²) in [5, 5.41) is 11.4. The number of aryl methyl sites for hydroxylation is 1. The summed E-state index contributed by atoms with van der Waals surface area (Å²) in [6, 6.07) is 14.8. The first-order valence-electron chi connectivity index (χ1n) is 7.51. The van der Waals surface area contributed by atoms with Crippen LogP contribution in [0, 0.1) is 0 Å². The maximum Gasteiger partial charge on any atom is 0.119 e. The van der Waals surface area contributed by atoms with E-state index in [-0.39, 0.29) is 6.61 Å². The zero-order valence-electron chi connectivity index (χ0n) is 12.4. The Kier molecular flexibility index (Phi) is 4.11. The zero-order valence-corrected chi connectivity index (χ0v) is 12.4. The predicted molar refractivity (Wildman–Crippen MR) is 86.9 cm³/mol. The minimum absolute atomic E-state index is 0.282. The SMILES string of the molecule is COc1ccc2c(c1)c1ccccc1n2CCCCCO. The molecule has 3 aromatic rings. The van der Waals surface area contributed by atoms with E-state index < -0.39 is 0 Å². The maximum atomic E-state index is 8.90. The van der Waals surface area contributed by atoms with Crippen molar-refractivity contribution in [1.82, 2.24) is 4.57 Å². The average molecular weight is 283 g/mol. The molecule has 1 N–H and O–H groups in total. The standard InChI is InChI=1S/C18H21NO2/c1-21-14-9-10-18-16(13-14)15-7-3-4-8-17(15)19(18)11-5-2-6-12-20/h3-4,7-10,13,20H,2,5-6,11-12H2,1H3. The lowest BCUT2D eigenvalue weighted by atomic mass is 10.1. The summed E-state index contributed by atoms with van der Waals surface area (Å²) in [5.74, 6) is 0.894. The summed E-state index contributed by atoms with van der Waals surface area (Å²) in [6.45, 7) is 1.26. The van der Waals surface area contributed by atoms with Crippen LogP contribution < -0.4 is 4.74 Å². The highest BCUT2D eigenvalue weighted by molar-refractivity contribution is 6.08. The van der Waals surface area contributed by atoms with E-state index in [1.807, 2.05) is 6.07 Å². The lowest BCUT2D eigenvalue weighted by Crippen LogP contribution is -1.98. The van der Waals surface area contributed by atoms with Crippen molar-refractivity contribution in [3.63, 3.8) is 0 Å². The van der Waals surface area contributed by atoms with Gasteiger partial charge in [0.2, 0.25) is 0 Å². The molecule has 0 aliphatic carbocycles. The van der Waals surface area contributed by atoms with Gasteiger partial charge in [0.25, 0.3) is 0 Å². The van der Waals surface area contributed by atoms with Crippen molar-refractivity contribution in [2.45, 2.75) is 25.8 Å². The molecule has 0 saturated carbocycles. The summed E-state index contributed by atoms with van der Waals surface area (Å²) in [4.78, 5) is 0. The molecule has 3 rings (SSSR count). The summed E-state index contributed by atoms with van der Waals surface area (Å²) in [5.41, 5.74) is 2.52. The fraction of sp³-hybridized carbons (Fsp3) is 0.333. The number of methoxy groups -OCH3 is 1. The van der Waals surface area contributed by atoms with E-state index in [9.17, 15) is 0 Å². The van der Waals surface area contributed by atoms with E-state index in [1.165, 1.54) is 21.8 Å². The Labute approximate surface area is 124 Å². The van der Waals surface area contributed by atoms with Gasteiger partial charge in [-0.1, -0.05) is 18.2 Å². The number of hydrogen-bond acceptors (Lipinski definition) is 2. The molecule has 0 unspecified atom stereocenters. The van der Waals surface area contributed by atoms with Crippen LogP contribution >= 0.6 is 0 Å². The molecule has 0 saturated heterocycles. The molecule has 21 heavy (non-hydrogen) atoms. The number of aromatic nitrogens is 1. The Morgan fingerprint density at radius 3 is 2.57 bits per heavy atom. The van der Waals surface area contributed by atoms with Gasteiger partial charge < -0.3 is 14.4 Å². The number of para-hydroxylation sites is 1. The number of benzene rings is 2. The van der Waals surface area contributed by atoms with E-state index in [4.69, 9.17) is 9.84 Å². The molecule has 0 fully saturated rings. The topological polar surface area (TPSA) is 34.4 Å². The first-order valence-corrected chi connectivity index (χ1v) is 7.51. The van der Waals surface area contributed by atoms with Crippen LogP contribution in [-0.2, 0) is 6.54 Å². The fourth-order valence-electron chi connectivity index (χ4n) is 2.96. The molecule has 0 radical (unpaired) electrons. The average Bonchev–Trinajstić information content (AvgIpc) is 2.85. The molecule has 110 valence electrons. The highest BCUT2D eigenvalue weighted by Gasteiger charge is 2.10. The van der Waals surface area contributed by atoms with E-state index in [1.54, 1.807) is 7.11 Å². The second kappa shape index (κ2) is 6.19. The number of hydrogen-bond donors (Lipinski definition) is 1. The Balaban J connectivity index is 2.07. The second-order valence-electron chi connectivity index (χ2n) is 5.34. The molecule has 0 aliphatic heterocycles. The van der Waals surface area contributed by atoms with Crippen LogP contribution in [0.1, 0.15) is 19.3 Å². The minimum Gasteiger partial charge on any atom is -0.497 e. The number of unbranched alkanes of at least 4 members (excludes halogenated alkanes) is 2. The van der Waals surface area contributed by atoms with Crippen molar-refractivity contribution in [3.8, 4) is 5.75 Å². The van der Waals surface area contributed by atoms with Gasteiger partial charge in [-0.05, 0) is 43.5 Å². The molecule has 2 aromatic carbocycles. The number of nitrogens with zero attached hydrogens (tertiary/aromatic N) is 1. The summed E-state index contributed by atoms with van der Waals surface area (Å²) in [6.07, 6.45) is 3.02. The second-order valence-corrected chi connectivity index (χ2v) is 5.34. The van der Waals surface area contributed by atoms with Gasteiger partial charge in [0, 0.05) is 35.0 Å². The smallest absolute Gasteiger partial charge is 0.119 e. The number of fused-ring (bicyclic) bond motifs is 3. The molecule has 0 aliphatic rings. The monoisotopic (exact) mass is 283 g/mol. The van der Waals surface area contributed by atoms with E-state index in [0.29, 0.717) is 0 Å². The third-order valence-corrected chi connectivity index (χ3v) is 4.02. The third kappa shape index (κ3) is 2.61. The van der Waals surface area contributed by atoms with Gasteiger partial charge in [-0.2, -0.15) is 0 Å². The quantitative estimate of drug-likeness (QED) is 0.695. The van der Waals surface area contributed by atoms with Crippen LogP contribution in [0.5, 0.6) is 5.75 Å². The fourth-order valence-corrected chi connectivity index (χ4v) is 2.96. The van der Waals surface area contributed by atoms with Crippen molar-refractivity contribution in [3.05, 3.63) is 42.5 Å². The summed E-state index contributed by atoms with van der Waals surface area (Å²) >= 11 is 0. The van der Waals surface area contributed by atoms with Crippen molar-refractivity contribution < 1.29 is 9.84 Å². The lowest BCUT2D eigenvalue weighted by molar-refractivity contribution is 0.282. The summed E-state index contributed by atoms with van der Waals surface area (Å²) in [7, 11) is 1.70. The third-order valence-electron chi connectivity index (χ3n) is 4.02. The molecule has 0 atom stereocenters. The Bertz CT molecular complexity index is 745. The van der Waals surface area contributed by atoms with Gasteiger partial charge in [0.15, 0.2) is 0 Å². The molecule has 0 spiro atoms. The Morgan fingerprint density at radius 1 is 0.952 bits per heavy atom. The van der Waals surface area contributed by atoms with E-state index >= 15 is 0 Å². The minimum atomic E-state index is 0.282. The van der Waals surface area contributed by atoms with Crippen LogP contribution in [-0.4, -0.2) is 23.4 Å². The van der Waals surface area contributed by atoms with Gasteiger partial charge in [0.05, 0.1) is 7.11 Å². The maximum absolute atomic E-state index is 8.90. The van der Waals surface area contributed by atoms with Gasteiger partial charge in [-0.25, -0.2) is 0 Å². The number of aliphatic hydroxyl groups is 1. The highest BCUT2D eigenvalue weighted by Crippen LogP contribution is 2.31. The van der Waals surface area contributed by atoms with Crippen LogP contribution in [0.15, 0.2) is 42.5 Å². The molecule has 1 aromatic heterocycles. The first-order chi connectivity index (χ1) is 10.3. The predicted octanol–water partition coefficient (Wildman–Crippen LogP) is 3.97. The zero-order chi connectivity index (χ0) is 14.7. The normalized spacial score (nSPS) is 11.3. The van der Waals surface area contributed by atoms with Gasteiger partial charge in [-0.3, -0.25) is 0 Å². The molecule has 1 heterocycles. The van der Waals surface area contributed by atoms with Gasteiger partial charge in [-0.15, -0.1) is 0 Å². The number of aliphatic hydroxyl groups excluding tert-OH is 1. The molecular formula is C18H21NO2. The number of ether oxygens (including phenoxy) is 1. The molecule has 0 bridgehead atoms. The molecule has 0 amide bonds. The Hall–Kier alpha value is -2.00. The molecule has 3 heteroatoms. The van der Waals surface area contributed by atoms with Crippen LogP contribution in [0.3, 0.4) is 0 Å². The number of rotatable bonds is 6. The Morgan fingerprint density at radius 2 is 1.76 bits per heavy atom. The van der Waals surface area contributed by atoms with E-state index in [2.05, 4.69) is 41.0 Å². The summed E-state index contributed by atoms with van der Waals surface area (Å²) < 4.78 is 7.73. The molecular weight excluding hydrogens is 262 g/mol. The van der Waals surface area contributed by atoms with Crippen molar-refractivity contribution in [1.29, 1.82) is 0 Å². The van der Waals surface area contributed by atoms with Crippen LogP contribution in [0.25, 0.3) is 21.8 Å². The van der Waals surface area contributed by atoms with Crippen molar-refractivity contribution in [2.75, 3.05) is 13.7 Å². The van der Waals surface area contributed by atoms with Crippen LogP contribution in [0.2, 0.25) is 0 Å². The van der Waals surface area contributed by atoms with Crippen LogP contribution in [0.4, 0.5) is 0 Å². The van der Waals surface area contributed by atoms with Gasteiger partial charge in [0.1, 0.15) is 5.75 Å².